The Kier molecular flexibility index (Phi) is 6.63. The number of aryl methyl sites for hydroxylation is 1. The number of fused-ring (bicyclic) bond motifs is 1. The minimum Gasteiger partial charge on any atom is -0.492 e. The molecule has 33 heavy (non-hydrogen) atoms. The van der Waals surface area contributed by atoms with E-state index in [9.17, 15) is 13.2 Å². The van der Waals surface area contributed by atoms with Crippen LogP contribution in [0.3, 0.4) is 0 Å². The van der Waals surface area contributed by atoms with Gasteiger partial charge in [0.05, 0.1) is 17.3 Å². The first kappa shape index (κ1) is 23.1. The van der Waals surface area contributed by atoms with Gasteiger partial charge >= 0.3 is 0 Å². The number of hydrogen-bond acceptors (Lipinski definition) is 4. The summed E-state index contributed by atoms with van der Waals surface area (Å²) in [6.07, 6.45) is 0.634. The van der Waals surface area contributed by atoms with E-state index in [0.29, 0.717) is 31.8 Å². The maximum absolute atomic E-state index is 13.4. The van der Waals surface area contributed by atoms with Crippen molar-refractivity contribution in [3.8, 4) is 5.75 Å². The fraction of sp³-hybridized carbons (Fsp3) is 0.240. The van der Waals surface area contributed by atoms with Crippen LogP contribution in [0.1, 0.15) is 21.5 Å². The maximum Gasteiger partial charge on any atom is 0.265 e. The van der Waals surface area contributed by atoms with E-state index < -0.39 is 10.0 Å². The molecule has 0 fully saturated rings. The van der Waals surface area contributed by atoms with Gasteiger partial charge in [-0.05, 0) is 55.3 Å². The van der Waals surface area contributed by atoms with E-state index in [1.807, 2.05) is 49.4 Å². The van der Waals surface area contributed by atoms with Crippen molar-refractivity contribution in [2.75, 3.05) is 31.0 Å². The lowest BCUT2D eigenvalue weighted by molar-refractivity contribution is 0.0773. The van der Waals surface area contributed by atoms with E-state index in [4.69, 9.17) is 16.3 Å². The van der Waals surface area contributed by atoms with Crippen LogP contribution in [0.5, 0.6) is 5.75 Å². The number of hydrogen-bond donors (Lipinski definition) is 0. The Balaban J connectivity index is 1.49. The zero-order valence-corrected chi connectivity index (χ0v) is 20.1. The van der Waals surface area contributed by atoms with Crippen molar-refractivity contribution in [2.24, 2.45) is 0 Å². The van der Waals surface area contributed by atoms with E-state index in [-0.39, 0.29) is 21.4 Å². The summed E-state index contributed by atoms with van der Waals surface area (Å²) < 4.78 is 33.9. The average molecular weight is 485 g/mol. The average Bonchev–Trinajstić information content (AvgIpc) is 3.25. The summed E-state index contributed by atoms with van der Waals surface area (Å²) in [6.45, 7) is 3.00. The number of likely N-dealkylation sites (N-methyl/N-ethyl adjacent to an activating group) is 1. The molecule has 0 N–H and O–H groups in total. The third-order valence-electron chi connectivity index (χ3n) is 5.65. The van der Waals surface area contributed by atoms with Crippen LogP contribution in [0.15, 0.2) is 71.6 Å². The molecule has 0 aromatic heterocycles. The molecule has 8 heteroatoms. The standard InChI is InChI=1S/C25H25ClN2O4S/c1-18-7-10-21(11-8-18)32-16-15-27(2)25(29)20-9-12-22(26)24(17-20)33(30,31)28-14-13-19-5-3-4-6-23(19)28/h3-12,17H,13-16H2,1-2H3. The number of para-hydroxylation sites is 1. The van der Waals surface area contributed by atoms with Crippen molar-refractivity contribution in [2.45, 2.75) is 18.2 Å². The molecule has 3 aromatic carbocycles. The summed E-state index contributed by atoms with van der Waals surface area (Å²) in [6, 6.07) is 19.4. The van der Waals surface area contributed by atoms with Gasteiger partial charge in [0.1, 0.15) is 17.3 Å². The molecule has 3 aromatic rings. The summed E-state index contributed by atoms with van der Waals surface area (Å²) in [4.78, 5) is 14.4. The molecule has 0 saturated carbocycles. The number of rotatable bonds is 7. The minimum absolute atomic E-state index is 0.0731. The molecule has 0 radical (unpaired) electrons. The monoisotopic (exact) mass is 484 g/mol. The second-order valence-electron chi connectivity index (χ2n) is 7.99. The fourth-order valence-electron chi connectivity index (χ4n) is 3.77. The lowest BCUT2D eigenvalue weighted by atomic mass is 10.2. The largest absolute Gasteiger partial charge is 0.492 e. The second-order valence-corrected chi connectivity index (χ2v) is 10.2. The Bertz CT molecular complexity index is 1280. The Morgan fingerprint density at radius 2 is 1.82 bits per heavy atom. The third-order valence-corrected chi connectivity index (χ3v) is 7.95. The highest BCUT2D eigenvalue weighted by molar-refractivity contribution is 7.93. The number of anilines is 1. The Labute approximate surface area is 199 Å². The van der Waals surface area contributed by atoms with Crippen molar-refractivity contribution < 1.29 is 17.9 Å². The fourth-order valence-corrected chi connectivity index (χ4v) is 5.77. The molecule has 0 aliphatic carbocycles. The quantitative estimate of drug-likeness (QED) is 0.493. The van der Waals surface area contributed by atoms with Crippen LogP contribution in [0.25, 0.3) is 0 Å². The lowest BCUT2D eigenvalue weighted by Gasteiger charge is -2.22. The predicted molar refractivity (Wildman–Crippen MR) is 130 cm³/mol. The zero-order chi connectivity index (χ0) is 23.6. The van der Waals surface area contributed by atoms with Crippen LogP contribution >= 0.6 is 11.6 Å². The van der Waals surface area contributed by atoms with Crippen LogP contribution in [0.4, 0.5) is 5.69 Å². The van der Waals surface area contributed by atoms with E-state index >= 15 is 0 Å². The van der Waals surface area contributed by atoms with Gasteiger partial charge in [-0.1, -0.05) is 47.5 Å². The number of amides is 1. The molecule has 0 atom stereocenters. The third kappa shape index (κ3) is 4.84. The van der Waals surface area contributed by atoms with E-state index in [0.717, 1.165) is 16.9 Å². The molecule has 172 valence electrons. The summed E-state index contributed by atoms with van der Waals surface area (Å²) in [5.74, 6) is 0.421. The summed E-state index contributed by atoms with van der Waals surface area (Å²) in [5, 5.41) is 0.0845. The van der Waals surface area contributed by atoms with Crippen molar-refractivity contribution >= 4 is 33.2 Å². The molecule has 4 rings (SSSR count). The Morgan fingerprint density at radius 1 is 1.09 bits per heavy atom. The first-order valence-electron chi connectivity index (χ1n) is 10.6. The molecule has 0 saturated heterocycles. The van der Waals surface area contributed by atoms with Crippen LogP contribution in [-0.2, 0) is 16.4 Å². The first-order chi connectivity index (χ1) is 15.8. The van der Waals surface area contributed by atoms with Gasteiger partial charge in [-0.25, -0.2) is 8.42 Å². The molecular weight excluding hydrogens is 460 g/mol. The highest BCUT2D eigenvalue weighted by Gasteiger charge is 2.32. The molecule has 1 aliphatic rings. The zero-order valence-electron chi connectivity index (χ0n) is 18.5. The molecular formula is C25H25ClN2O4S. The van der Waals surface area contributed by atoms with Crippen LogP contribution < -0.4 is 9.04 Å². The summed E-state index contributed by atoms with van der Waals surface area (Å²) >= 11 is 6.28. The molecule has 1 amide bonds. The normalized spacial score (nSPS) is 13.0. The van der Waals surface area contributed by atoms with Gasteiger partial charge in [0.25, 0.3) is 15.9 Å². The van der Waals surface area contributed by atoms with Crippen molar-refractivity contribution in [1.29, 1.82) is 0 Å². The smallest absolute Gasteiger partial charge is 0.265 e. The van der Waals surface area contributed by atoms with Gasteiger partial charge < -0.3 is 9.64 Å². The van der Waals surface area contributed by atoms with Crippen molar-refractivity contribution in [1.82, 2.24) is 4.90 Å². The number of benzene rings is 3. The molecule has 1 heterocycles. The predicted octanol–water partition coefficient (Wildman–Crippen LogP) is 4.55. The maximum atomic E-state index is 13.4. The molecule has 6 nitrogen and oxygen atoms in total. The number of nitrogens with zero attached hydrogens (tertiary/aromatic N) is 2. The van der Waals surface area contributed by atoms with Gasteiger partial charge in [-0.2, -0.15) is 0 Å². The van der Waals surface area contributed by atoms with Gasteiger partial charge in [0.2, 0.25) is 0 Å². The topological polar surface area (TPSA) is 66.9 Å². The van der Waals surface area contributed by atoms with E-state index in [1.54, 1.807) is 19.2 Å². The lowest BCUT2D eigenvalue weighted by Crippen LogP contribution is -2.32. The summed E-state index contributed by atoms with van der Waals surface area (Å²) in [5.41, 5.74) is 3.01. The Hall–Kier alpha value is -3.03. The highest BCUT2D eigenvalue weighted by Crippen LogP contribution is 2.35. The van der Waals surface area contributed by atoms with E-state index in [2.05, 4.69) is 0 Å². The number of carbonyl (C=O) groups is 1. The molecule has 0 unspecified atom stereocenters. The van der Waals surface area contributed by atoms with E-state index in [1.165, 1.54) is 21.3 Å². The molecule has 0 spiro atoms. The summed E-state index contributed by atoms with van der Waals surface area (Å²) in [7, 11) is -2.26. The number of carbonyl (C=O) groups excluding carboxylic acids is 1. The number of sulfonamides is 1. The SMILES string of the molecule is Cc1ccc(OCCN(C)C(=O)c2ccc(Cl)c(S(=O)(=O)N3CCc4ccccc43)c2)cc1. The number of ether oxygens (including phenoxy) is 1. The van der Waals surface area contributed by atoms with Gasteiger partial charge in [0, 0.05) is 19.2 Å². The van der Waals surface area contributed by atoms with Crippen LogP contribution in [0, 0.1) is 6.92 Å². The Morgan fingerprint density at radius 3 is 2.58 bits per heavy atom. The minimum atomic E-state index is -3.92. The molecule has 0 bridgehead atoms. The highest BCUT2D eigenvalue weighted by atomic mass is 35.5. The first-order valence-corrected chi connectivity index (χ1v) is 12.4. The second kappa shape index (κ2) is 9.45. The van der Waals surface area contributed by atoms with Crippen LogP contribution in [-0.4, -0.2) is 46.0 Å². The van der Waals surface area contributed by atoms with Gasteiger partial charge in [-0.15, -0.1) is 0 Å². The number of halogens is 1. The molecule has 1 aliphatic heterocycles. The van der Waals surface area contributed by atoms with Crippen molar-refractivity contribution in [3.05, 3.63) is 88.4 Å². The van der Waals surface area contributed by atoms with Gasteiger partial charge in [-0.3, -0.25) is 9.10 Å². The van der Waals surface area contributed by atoms with Gasteiger partial charge in [0.15, 0.2) is 0 Å². The van der Waals surface area contributed by atoms with Crippen molar-refractivity contribution in [3.63, 3.8) is 0 Å². The van der Waals surface area contributed by atoms with Crippen LogP contribution in [0.2, 0.25) is 5.02 Å².